The van der Waals surface area contributed by atoms with Crippen LogP contribution in [0.2, 0.25) is 0 Å². The molecule has 1 rings (SSSR count). The molecule has 1 aromatic rings. The lowest BCUT2D eigenvalue weighted by Crippen LogP contribution is -2.32. The standard InChI is InChI=1S/C16H27BrN2/c1-6-12(4)19(8-3)16-10-9-14(11-15(16)17)13(5)18-7-2/h9-13,18H,6-8H2,1-5H3. The van der Waals surface area contributed by atoms with E-state index in [1.54, 1.807) is 0 Å². The molecule has 0 saturated carbocycles. The summed E-state index contributed by atoms with van der Waals surface area (Å²) in [6, 6.07) is 7.68. The predicted octanol–water partition coefficient (Wildman–Crippen LogP) is 4.74. The first-order chi connectivity index (χ1) is 9.04. The zero-order valence-corrected chi connectivity index (χ0v) is 14.4. The Morgan fingerprint density at radius 3 is 2.37 bits per heavy atom. The van der Waals surface area contributed by atoms with E-state index in [1.807, 2.05) is 0 Å². The Kier molecular flexibility index (Phi) is 6.87. The highest BCUT2D eigenvalue weighted by Gasteiger charge is 2.15. The first-order valence-electron chi connectivity index (χ1n) is 7.34. The lowest BCUT2D eigenvalue weighted by Gasteiger charge is -2.31. The van der Waals surface area contributed by atoms with Crippen molar-refractivity contribution in [2.24, 2.45) is 0 Å². The molecule has 1 aromatic carbocycles. The summed E-state index contributed by atoms with van der Waals surface area (Å²) in [7, 11) is 0. The van der Waals surface area contributed by atoms with Crippen molar-refractivity contribution < 1.29 is 0 Å². The van der Waals surface area contributed by atoms with Crippen molar-refractivity contribution in [3.05, 3.63) is 28.2 Å². The zero-order valence-electron chi connectivity index (χ0n) is 12.8. The Hall–Kier alpha value is -0.540. The van der Waals surface area contributed by atoms with Gasteiger partial charge in [-0.05, 0) is 67.4 Å². The molecule has 0 fully saturated rings. The summed E-state index contributed by atoms with van der Waals surface area (Å²) in [6.45, 7) is 13.1. The monoisotopic (exact) mass is 326 g/mol. The third kappa shape index (κ3) is 4.22. The van der Waals surface area contributed by atoms with E-state index < -0.39 is 0 Å². The van der Waals surface area contributed by atoms with Gasteiger partial charge >= 0.3 is 0 Å². The van der Waals surface area contributed by atoms with Gasteiger partial charge in [0.2, 0.25) is 0 Å². The highest BCUT2D eigenvalue weighted by molar-refractivity contribution is 9.10. The van der Waals surface area contributed by atoms with Gasteiger partial charge < -0.3 is 10.2 Å². The number of anilines is 1. The van der Waals surface area contributed by atoms with Crippen LogP contribution in [0.3, 0.4) is 0 Å². The molecule has 0 aliphatic rings. The summed E-state index contributed by atoms with van der Waals surface area (Å²) in [5.41, 5.74) is 2.63. The van der Waals surface area contributed by atoms with E-state index in [0.717, 1.165) is 19.5 Å². The van der Waals surface area contributed by atoms with Crippen LogP contribution in [0, 0.1) is 0 Å². The average Bonchev–Trinajstić information content (AvgIpc) is 2.41. The van der Waals surface area contributed by atoms with Crippen molar-refractivity contribution in [2.75, 3.05) is 18.0 Å². The second-order valence-corrected chi connectivity index (χ2v) is 5.89. The molecule has 0 spiro atoms. The lowest BCUT2D eigenvalue weighted by atomic mass is 10.1. The van der Waals surface area contributed by atoms with E-state index in [4.69, 9.17) is 0 Å². The maximum atomic E-state index is 3.74. The third-order valence-electron chi connectivity index (χ3n) is 3.76. The van der Waals surface area contributed by atoms with E-state index in [-0.39, 0.29) is 0 Å². The number of benzene rings is 1. The van der Waals surface area contributed by atoms with Crippen LogP contribution in [0.25, 0.3) is 0 Å². The van der Waals surface area contributed by atoms with Crippen LogP contribution in [0.1, 0.15) is 52.6 Å². The Bertz CT molecular complexity index is 392. The highest BCUT2D eigenvalue weighted by Crippen LogP contribution is 2.31. The fourth-order valence-electron chi connectivity index (χ4n) is 2.39. The van der Waals surface area contributed by atoms with Gasteiger partial charge in [0.05, 0.1) is 5.69 Å². The molecule has 2 unspecified atom stereocenters. The van der Waals surface area contributed by atoms with Crippen molar-refractivity contribution in [3.63, 3.8) is 0 Å². The fourth-order valence-corrected chi connectivity index (χ4v) is 3.01. The maximum absolute atomic E-state index is 3.74. The Balaban J connectivity index is 2.98. The van der Waals surface area contributed by atoms with Crippen molar-refractivity contribution in [2.45, 2.75) is 53.1 Å². The van der Waals surface area contributed by atoms with Gasteiger partial charge in [0.1, 0.15) is 0 Å². The van der Waals surface area contributed by atoms with Crippen LogP contribution in [0.5, 0.6) is 0 Å². The van der Waals surface area contributed by atoms with Gasteiger partial charge in [0.15, 0.2) is 0 Å². The molecule has 3 heteroatoms. The molecular weight excluding hydrogens is 300 g/mol. The maximum Gasteiger partial charge on any atom is 0.0513 e. The zero-order chi connectivity index (χ0) is 14.4. The molecule has 2 atom stereocenters. The number of hydrogen-bond donors (Lipinski definition) is 1. The molecule has 108 valence electrons. The van der Waals surface area contributed by atoms with Crippen LogP contribution in [-0.2, 0) is 0 Å². The van der Waals surface area contributed by atoms with Crippen molar-refractivity contribution in [1.29, 1.82) is 0 Å². The van der Waals surface area contributed by atoms with Crippen molar-refractivity contribution in [1.82, 2.24) is 5.32 Å². The normalized spacial score (nSPS) is 14.2. The molecule has 0 aliphatic carbocycles. The van der Waals surface area contributed by atoms with E-state index in [9.17, 15) is 0 Å². The first kappa shape index (κ1) is 16.5. The number of rotatable bonds is 7. The summed E-state index contributed by atoms with van der Waals surface area (Å²) in [5.74, 6) is 0. The SMILES string of the molecule is CCNC(C)c1ccc(N(CC)C(C)CC)c(Br)c1. The highest BCUT2D eigenvalue weighted by atomic mass is 79.9. The van der Waals surface area contributed by atoms with Crippen LogP contribution in [0.4, 0.5) is 5.69 Å². The van der Waals surface area contributed by atoms with Crippen molar-refractivity contribution in [3.8, 4) is 0 Å². The quantitative estimate of drug-likeness (QED) is 0.778. The Morgan fingerprint density at radius 2 is 1.89 bits per heavy atom. The van der Waals surface area contributed by atoms with Gasteiger partial charge in [0, 0.05) is 23.1 Å². The summed E-state index contributed by atoms with van der Waals surface area (Å²) in [5, 5.41) is 3.45. The minimum Gasteiger partial charge on any atom is -0.368 e. The lowest BCUT2D eigenvalue weighted by molar-refractivity contribution is 0.597. The minimum atomic E-state index is 0.397. The van der Waals surface area contributed by atoms with E-state index in [2.05, 4.69) is 79.0 Å². The molecule has 1 N–H and O–H groups in total. The largest absolute Gasteiger partial charge is 0.368 e. The van der Waals surface area contributed by atoms with E-state index >= 15 is 0 Å². The molecule has 0 radical (unpaired) electrons. The molecular formula is C16H27BrN2. The van der Waals surface area contributed by atoms with Crippen LogP contribution in [0.15, 0.2) is 22.7 Å². The molecule has 0 aromatic heterocycles. The number of hydrogen-bond acceptors (Lipinski definition) is 2. The summed E-state index contributed by atoms with van der Waals surface area (Å²) >= 11 is 3.74. The van der Waals surface area contributed by atoms with Gasteiger partial charge in [-0.25, -0.2) is 0 Å². The molecule has 0 saturated heterocycles. The second kappa shape index (κ2) is 7.91. The number of halogens is 1. The molecule has 0 heterocycles. The summed E-state index contributed by atoms with van der Waals surface area (Å²) < 4.78 is 1.19. The van der Waals surface area contributed by atoms with Gasteiger partial charge in [-0.1, -0.05) is 19.9 Å². The Labute approximate surface area is 126 Å². The minimum absolute atomic E-state index is 0.397. The van der Waals surface area contributed by atoms with Gasteiger partial charge in [-0.15, -0.1) is 0 Å². The van der Waals surface area contributed by atoms with Crippen LogP contribution < -0.4 is 10.2 Å². The summed E-state index contributed by atoms with van der Waals surface area (Å²) in [6.07, 6.45) is 1.16. The number of nitrogens with one attached hydrogen (secondary N) is 1. The van der Waals surface area contributed by atoms with E-state index in [1.165, 1.54) is 15.7 Å². The average molecular weight is 327 g/mol. The molecule has 0 amide bonds. The summed E-state index contributed by atoms with van der Waals surface area (Å²) in [4.78, 5) is 2.45. The fraction of sp³-hybridized carbons (Fsp3) is 0.625. The van der Waals surface area contributed by atoms with Crippen molar-refractivity contribution >= 4 is 21.6 Å². The second-order valence-electron chi connectivity index (χ2n) is 5.03. The molecule has 19 heavy (non-hydrogen) atoms. The molecule has 2 nitrogen and oxygen atoms in total. The van der Waals surface area contributed by atoms with Gasteiger partial charge in [-0.3, -0.25) is 0 Å². The van der Waals surface area contributed by atoms with E-state index in [0.29, 0.717) is 12.1 Å². The molecule has 0 aliphatic heterocycles. The first-order valence-corrected chi connectivity index (χ1v) is 8.13. The predicted molar refractivity (Wildman–Crippen MR) is 89.0 cm³/mol. The smallest absolute Gasteiger partial charge is 0.0513 e. The van der Waals surface area contributed by atoms with Crippen LogP contribution in [-0.4, -0.2) is 19.1 Å². The third-order valence-corrected chi connectivity index (χ3v) is 4.39. The van der Waals surface area contributed by atoms with Gasteiger partial charge in [-0.2, -0.15) is 0 Å². The topological polar surface area (TPSA) is 15.3 Å². The molecule has 0 bridgehead atoms. The Morgan fingerprint density at radius 1 is 1.21 bits per heavy atom. The van der Waals surface area contributed by atoms with Crippen LogP contribution >= 0.6 is 15.9 Å². The number of nitrogens with zero attached hydrogens (tertiary/aromatic N) is 1. The van der Waals surface area contributed by atoms with Gasteiger partial charge in [0.25, 0.3) is 0 Å².